The summed E-state index contributed by atoms with van der Waals surface area (Å²) in [5.41, 5.74) is 1.37. The number of hydrogen-bond acceptors (Lipinski definition) is 3. The van der Waals surface area contributed by atoms with Gasteiger partial charge in [0.25, 0.3) is 5.91 Å². The van der Waals surface area contributed by atoms with Crippen molar-refractivity contribution in [1.29, 1.82) is 0 Å². The van der Waals surface area contributed by atoms with Gasteiger partial charge in [-0.1, -0.05) is 35.0 Å². The van der Waals surface area contributed by atoms with Crippen LogP contribution in [0.4, 0.5) is 0 Å². The second-order valence-corrected chi connectivity index (χ2v) is 5.78. The number of carboxylic acid groups (broad SMARTS) is 1. The maximum absolute atomic E-state index is 12.2. The van der Waals surface area contributed by atoms with Crippen LogP contribution < -0.4 is 5.32 Å². The van der Waals surface area contributed by atoms with Crippen LogP contribution in [-0.4, -0.2) is 17.0 Å². The lowest BCUT2D eigenvalue weighted by atomic mass is 10.1. The lowest BCUT2D eigenvalue weighted by Crippen LogP contribution is -2.33. The molecule has 6 heteroatoms. The molecule has 1 unspecified atom stereocenters. The first-order valence-electron chi connectivity index (χ1n) is 6.80. The summed E-state index contributed by atoms with van der Waals surface area (Å²) < 4.78 is 6.28. The Hall–Kier alpha value is -2.08. The Morgan fingerprint density at radius 3 is 2.45 bits per heavy atom. The van der Waals surface area contributed by atoms with Crippen molar-refractivity contribution in [3.63, 3.8) is 0 Å². The number of rotatable bonds is 5. The molecular weight excluding hydrogens is 350 g/mol. The number of halogens is 1. The van der Waals surface area contributed by atoms with Crippen LogP contribution in [-0.2, 0) is 11.2 Å². The molecule has 2 N–H and O–H groups in total. The third kappa shape index (κ3) is 3.57. The average molecular weight is 366 g/mol. The lowest BCUT2D eigenvalue weighted by molar-refractivity contribution is -0.139. The summed E-state index contributed by atoms with van der Waals surface area (Å²) in [6.07, 6.45) is 0.675. The molecule has 2 aromatic rings. The summed E-state index contributed by atoms with van der Waals surface area (Å²) in [7, 11) is 0. The number of aryl methyl sites for hydroxylation is 2. The molecule has 22 heavy (non-hydrogen) atoms. The molecule has 1 aromatic heterocycles. The van der Waals surface area contributed by atoms with Gasteiger partial charge in [-0.2, -0.15) is 0 Å². The summed E-state index contributed by atoms with van der Waals surface area (Å²) in [5.74, 6) is -0.828. The first-order chi connectivity index (χ1) is 10.4. The number of carbonyl (C=O) groups excluding carboxylic acids is 1. The highest BCUT2D eigenvalue weighted by atomic mass is 79.9. The Morgan fingerprint density at radius 1 is 1.32 bits per heavy atom. The van der Waals surface area contributed by atoms with E-state index in [0.717, 1.165) is 15.8 Å². The summed E-state index contributed by atoms with van der Waals surface area (Å²) in [4.78, 5) is 23.6. The fourth-order valence-electron chi connectivity index (χ4n) is 2.13. The van der Waals surface area contributed by atoms with Gasteiger partial charge in [-0.15, -0.1) is 0 Å². The molecule has 0 radical (unpaired) electrons. The van der Waals surface area contributed by atoms with Gasteiger partial charge in [0.15, 0.2) is 11.8 Å². The Morgan fingerprint density at radius 2 is 1.95 bits per heavy atom. The van der Waals surface area contributed by atoms with Crippen LogP contribution in [0.5, 0.6) is 0 Å². The topological polar surface area (TPSA) is 79.5 Å². The molecule has 0 aliphatic heterocycles. The maximum Gasteiger partial charge on any atom is 0.330 e. The Balaban J connectivity index is 2.22. The van der Waals surface area contributed by atoms with E-state index in [4.69, 9.17) is 4.42 Å². The summed E-state index contributed by atoms with van der Waals surface area (Å²) in [6, 6.07) is 7.24. The average Bonchev–Trinajstić information content (AvgIpc) is 2.86. The van der Waals surface area contributed by atoms with Crippen LogP contribution in [0.1, 0.15) is 40.4 Å². The van der Waals surface area contributed by atoms with Crippen molar-refractivity contribution in [2.75, 3.05) is 0 Å². The molecule has 1 amide bonds. The van der Waals surface area contributed by atoms with Gasteiger partial charge in [0.1, 0.15) is 5.76 Å². The van der Waals surface area contributed by atoms with Crippen molar-refractivity contribution in [3.8, 4) is 0 Å². The molecule has 0 spiro atoms. The van der Waals surface area contributed by atoms with Crippen molar-refractivity contribution in [1.82, 2.24) is 5.32 Å². The van der Waals surface area contributed by atoms with Gasteiger partial charge >= 0.3 is 5.97 Å². The minimum absolute atomic E-state index is 0.123. The summed E-state index contributed by atoms with van der Waals surface area (Å²) in [6.45, 7) is 3.78. The first-order valence-corrected chi connectivity index (χ1v) is 7.60. The zero-order chi connectivity index (χ0) is 16.3. The molecule has 0 bridgehead atoms. The van der Waals surface area contributed by atoms with Crippen molar-refractivity contribution in [2.45, 2.75) is 26.3 Å². The lowest BCUT2D eigenvalue weighted by Gasteiger charge is -2.14. The second-order valence-electron chi connectivity index (χ2n) is 4.87. The quantitative estimate of drug-likeness (QED) is 0.849. The largest absolute Gasteiger partial charge is 0.479 e. The summed E-state index contributed by atoms with van der Waals surface area (Å²) >= 11 is 3.29. The molecule has 1 aromatic carbocycles. The molecule has 116 valence electrons. The van der Waals surface area contributed by atoms with E-state index in [1.165, 1.54) is 0 Å². The Kier molecular flexibility index (Phi) is 5.03. The van der Waals surface area contributed by atoms with E-state index >= 15 is 0 Å². The third-order valence-corrected chi connectivity index (χ3v) is 3.82. The normalized spacial score (nSPS) is 12.0. The van der Waals surface area contributed by atoms with Gasteiger partial charge in [-0.05, 0) is 36.2 Å². The molecule has 5 nitrogen and oxygen atoms in total. The molecule has 1 heterocycles. The van der Waals surface area contributed by atoms with E-state index in [0.29, 0.717) is 12.0 Å². The Labute approximate surface area is 136 Å². The van der Waals surface area contributed by atoms with Crippen molar-refractivity contribution >= 4 is 27.8 Å². The number of aliphatic carboxylic acids is 1. The van der Waals surface area contributed by atoms with Crippen molar-refractivity contribution < 1.29 is 19.1 Å². The zero-order valence-corrected chi connectivity index (χ0v) is 13.8. The SMILES string of the molecule is CCc1oc(C(=O)NC(C(=O)O)c2ccc(Br)cc2)cc1C. The fourth-order valence-corrected chi connectivity index (χ4v) is 2.39. The van der Waals surface area contributed by atoms with Gasteiger partial charge in [-0.3, -0.25) is 4.79 Å². The van der Waals surface area contributed by atoms with E-state index < -0.39 is 17.9 Å². The highest BCUT2D eigenvalue weighted by molar-refractivity contribution is 9.10. The minimum atomic E-state index is -1.13. The van der Waals surface area contributed by atoms with E-state index in [9.17, 15) is 14.7 Å². The molecule has 0 saturated carbocycles. The standard InChI is InChI=1S/C16H16BrNO4/c1-3-12-9(2)8-13(22-12)15(19)18-14(16(20)21)10-4-6-11(17)7-5-10/h4-8,14H,3H2,1-2H3,(H,18,19)(H,20,21). The maximum atomic E-state index is 12.2. The van der Waals surface area contributed by atoms with E-state index in [2.05, 4.69) is 21.2 Å². The van der Waals surface area contributed by atoms with Crippen molar-refractivity contribution in [3.05, 3.63) is 57.5 Å². The number of benzene rings is 1. The number of carboxylic acids is 1. The fraction of sp³-hybridized carbons (Fsp3) is 0.250. The van der Waals surface area contributed by atoms with Gasteiger partial charge in [-0.25, -0.2) is 4.79 Å². The monoisotopic (exact) mass is 365 g/mol. The van der Waals surface area contributed by atoms with Crippen molar-refractivity contribution in [2.24, 2.45) is 0 Å². The van der Waals surface area contributed by atoms with Crippen LogP contribution in [0, 0.1) is 6.92 Å². The molecular formula is C16H16BrNO4. The van der Waals surface area contributed by atoms with Crippen LogP contribution >= 0.6 is 15.9 Å². The van der Waals surface area contributed by atoms with Crippen LogP contribution in [0.25, 0.3) is 0 Å². The Bertz CT molecular complexity index is 691. The van der Waals surface area contributed by atoms with E-state index in [-0.39, 0.29) is 5.76 Å². The highest BCUT2D eigenvalue weighted by Gasteiger charge is 2.24. The predicted molar refractivity (Wildman–Crippen MR) is 84.8 cm³/mol. The van der Waals surface area contributed by atoms with Gasteiger partial charge in [0.05, 0.1) is 0 Å². The molecule has 0 fully saturated rings. The van der Waals surface area contributed by atoms with Gasteiger partial charge < -0.3 is 14.8 Å². The third-order valence-electron chi connectivity index (χ3n) is 3.29. The minimum Gasteiger partial charge on any atom is -0.479 e. The number of carbonyl (C=O) groups is 2. The second kappa shape index (κ2) is 6.79. The number of amides is 1. The number of hydrogen-bond donors (Lipinski definition) is 2. The molecule has 1 atom stereocenters. The summed E-state index contributed by atoms with van der Waals surface area (Å²) in [5, 5.41) is 11.8. The molecule has 0 saturated heterocycles. The smallest absolute Gasteiger partial charge is 0.330 e. The van der Waals surface area contributed by atoms with Gasteiger partial charge in [0.2, 0.25) is 0 Å². The highest BCUT2D eigenvalue weighted by Crippen LogP contribution is 2.19. The van der Waals surface area contributed by atoms with Gasteiger partial charge in [0, 0.05) is 10.9 Å². The van der Waals surface area contributed by atoms with E-state index in [1.807, 2.05) is 13.8 Å². The predicted octanol–water partition coefficient (Wildman–Crippen LogP) is 3.47. The van der Waals surface area contributed by atoms with E-state index in [1.54, 1.807) is 30.3 Å². The first kappa shape index (κ1) is 16.3. The zero-order valence-electron chi connectivity index (χ0n) is 12.2. The number of nitrogens with one attached hydrogen (secondary N) is 1. The molecule has 2 rings (SSSR count). The van der Waals surface area contributed by atoms with Crippen LogP contribution in [0.15, 0.2) is 39.2 Å². The number of furan rings is 1. The molecule has 0 aliphatic rings. The van der Waals surface area contributed by atoms with Crippen LogP contribution in [0.3, 0.4) is 0 Å². The van der Waals surface area contributed by atoms with Crippen LogP contribution in [0.2, 0.25) is 0 Å². The molecule has 0 aliphatic carbocycles.